The first-order valence-electron chi connectivity index (χ1n) is 8.05. The van der Waals surface area contributed by atoms with Crippen molar-refractivity contribution in [2.75, 3.05) is 20.3 Å². The van der Waals surface area contributed by atoms with Crippen LogP contribution in [0.3, 0.4) is 0 Å². The molecule has 5 nitrogen and oxygen atoms in total. The molecule has 2 heterocycles. The number of aryl methyl sites for hydroxylation is 1. The van der Waals surface area contributed by atoms with Crippen LogP contribution in [0.2, 0.25) is 0 Å². The zero-order valence-corrected chi connectivity index (χ0v) is 13.8. The first-order chi connectivity index (χ1) is 11.1. The van der Waals surface area contributed by atoms with Gasteiger partial charge in [-0.2, -0.15) is 0 Å². The van der Waals surface area contributed by atoms with Crippen molar-refractivity contribution >= 4 is 16.9 Å². The molecule has 0 saturated carbocycles. The minimum Gasteiger partial charge on any atom is -0.497 e. The number of likely N-dealkylation sites (tertiary alicyclic amines) is 1. The Balaban J connectivity index is 2.04. The van der Waals surface area contributed by atoms with Crippen LogP contribution in [0.5, 0.6) is 5.75 Å². The number of ether oxygens (including phenoxy) is 1. The number of nitrogens with zero attached hydrogens (tertiary/aromatic N) is 1. The number of aliphatic hydroxyl groups excluding tert-OH is 1. The van der Waals surface area contributed by atoms with Gasteiger partial charge in [0.05, 0.1) is 25.3 Å². The van der Waals surface area contributed by atoms with E-state index in [9.17, 15) is 9.90 Å². The van der Waals surface area contributed by atoms with Gasteiger partial charge in [0.1, 0.15) is 17.1 Å². The van der Waals surface area contributed by atoms with Crippen molar-refractivity contribution < 1.29 is 19.1 Å². The molecule has 124 valence electrons. The number of furan rings is 1. The minimum atomic E-state index is -0.133. The Labute approximate surface area is 135 Å². The van der Waals surface area contributed by atoms with Crippen LogP contribution in [0, 0.1) is 12.8 Å². The van der Waals surface area contributed by atoms with Gasteiger partial charge in [-0.25, -0.2) is 0 Å². The smallest absolute Gasteiger partial charge is 0.258 e. The standard InChI is InChI=1S/C18H23NO4/c1-11-5-4-8-19(15(11)10-20)18(21)17-12(2)23-16-7-6-13(22-3)9-14(16)17/h6-7,9,11,15,20H,4-5,8,10H2,1-3H3. The molecule has 1 aromatic carbocycles. The monoisotopic (exact) mass is 317 g/mol. The quantitative estimate of drug-likeness (QED) is 0.945. The summed E-state index contributed by atoms with van der Waals surface area (Å²) in [6.45, 7) is 4.56. The van der Waals surface area contributed by atoms with E-state index in [1.807, 2.05) is 18.2 Å². The van der Waals surface area contributed by atoms with Crippen molar-refractivity contribution in [3.8, 4) is 5.75 Å². The normalized spacial score (nSPS) is 21.7. The minimum absolute atomic E-state index is 0.00887. The van der Waals surface area contributed by atoms with Gasteiger partial charge in [0.15, 0.2) is 0 Å². The van der Waals surface area contributed by atoms with E-state index < -0.39 is 0 Å². The third kappa shape index (κ3) is 2.70. The average molecular weight is 317 g/mol. The lowest BCUT2D eigenvalue weighted by Crippen LogP contribution is -2.49. The van der Waals surface area contributed by atoms with E-state index in [0.29, 0.717) is 35.1 Å². The first-order valence-corrected chi connectivity index (χ1v) is 8.05. The summed E-state index contributed by atoms with van der Waals surface area (Å²) in [4.78, 5) is 14.9. The summed E-state index contributed by atoms with van der Waals surface area (Å²) in [6, 6.07) is 5.34. The molecule has 1 amide bonds. The number of benzene rings is 1. The number of hydrogen-bond acceptors (Lipinski definition) is 4. The molecule has 1 fully saturated rings. The van der Waals surface area contributed by atoms with E-state index in [1.54, 1.807) is 18.9 Å². The number of amides is 1. The lowest BCUT2D eigenvalue weighted by Gasteiger charge is -2.39. The molecule has 0 radical (unpaired) electrons. The zero-order valence-electron chi connectivity index (χ0n) is 13.8. The van der Waals surface area contributed by atoms with E-state index in [-0.39, 0.29) is 18.6 Å². The highest BCUT2D eigenvalue weighted by molar-refractivity contribution is 6.07. The van der Waals surface area contributed by atoms with Crippen LogP contribution in [-0.2, 0) is 0 Å². The topological polar surface area (TPSA) is 62.9 Å². The molecule has 0 bridgehead atoms. The number of fused-ring (bicyclic) bond motifs is 1. The van der Waals surface area contributed by atoms with E-state index in [1.165, 1.54) is 0 Å². The van der Waals surface area contributed by atoms with Gasteiger partial charge < -0.3 is 19.2 Å². The number of methoxy groups -OCH3 is 1. The van der Waals surface area contributed by atoms with Crippen molar-refractivity contribution in [2.45, 2.75) is 32.7 Å². The lowest BCUT2D eigenvalue weighted by molar-refractivity contribution is 0.0358. The van der Waals surface area contributed by atoms with E-state index in [4.69, 9.17) is 9.15 Å². The summed E-state index contributed by atoms with van der Waals surface area (Å²) in [6.07, 6.45) is 2.00. The molecule has 1 aromatic heterocycles. The van der Waals surface area contributed by atoms with Gasteiger partial charge in [-0.1, -0.05) is 6.92 Å². The zero-order chi connectivity index (χ0) is 16.6. The third-order valence-electron chi connectivity index (χ3n) is 4.85. The van der Waals surface area contributed by atoms with Crippen LogP contribution in [0.15, 0.2) is 22.6 Å². The Morgan fingerprint density at radius 2 is 2.26 bits per heavy atom. The molecular formula is C18H23NO4. The van der Waals surface area contributed by atoms with Crippen LogP contribution >= 0.6 is 0 Å². The van der Waals surface area contributed by atoms with Crippen molar-refractivity contribution in [1.82, 2.24) is 4.90 Å². The number of aliphatic hydroxyl groups is 1. The maximum atomic E-state index is 13.1. The van der Waals surface area contributed by atoms with Crippen LogP contribution < -0.4 is 4.74 Å². The fourth-order valence-corrected chi connectivity index (χ4v) is 3.52. The number of carbonyl (C=O) groups is 1. The largest absolute Gasteiger partial charge is 0.497 e. The second kappa shape index (κ2) is 6.24. The first kappa shape index (κ1) is 15.9. The van der Waals surface area contributed by atoms with Gasteiger partial charge in [-0.3, -0.25) is 4.79 Å². The molecule has 2 aromatic rings. The highest BCUT2D eigenvalue weighted by Crippen LogP contribution is 2.32. The van der Waals surface area contributed by atoms with E-state index >= 15 is 0 Å². The highest BCUT2D eigenvalue weighted by Gasteiger charge is 2.34. The van der Waals surface area contributed by atoms with Gasteiger partial charge >= 0.3 is 0 Å². The molecule has 1 aliphatic heterocycles. The number of hydrogen-bond donors (Lipinski definition) is 1. The lowest BCUT2D eigenvalue weighted by atomic mass is 9.90. The molecule has 5 heteroatoms. The van der Waals surface area contributed by atoms with Gasteiger partial charge in [0.2, 0.25) is 0 Å². The second-order valence-corrected chi connectivity index (χ2v) is 6.26. The van der Waals surface area contributed by atoms with Gasteiger partial charge in [0.25, 0.3) is 5.91 Å². The third-order valence-corrected chi connectivity index (χ3v) is 4.85. The molecule has 0 spiro atoms. The Morgan fingerprint density at radius 1 is 1.48 bits per heavy atom. The summed E-state index contributed by atoms with van der Waals surface area (Å²) in [5.74, 6) is 1.53. The van der Waals surface area contributed by atoms with Crippen LogP contribution in [0.1, 0.15) is 35.9 Å². The van der Waals surface area contributed by atoms with Crippen molar-refractivity contribution in [1.29, 1.82) is 0 Å². The molecule has 1 aliphatic rings. The summed E-state index contributed by atoms with van der Waals surface area (Å²) in [7, 11) is 1.60. The molecule has 1 saturated heterocycles. The van der Waals surface area contributed by atoms with Gasteiger partial charge in [-0.05, 0) is 43.9 Å². The van der Waals surface area contributed by atoms with Crippen molar-refractivity contribution in [3.63, 3.8) is 0 Å². The van der Waals surface area contributed by atoms with Crippen LogP contribution in [0.25, 0.3) is 11.0 Å². The fraction of sp³-hybridized carbons (Fsp3) is 0.500. The predicted molar refractivity (Wildman–Crippen MR) is 87.8 cm³/mol. The Kier molecular flexibility index (Phi) is 4.31. The molecule has 23 heavy (non-hydrogen) atoms. The number of carbonyl (C=O) groups excluding carboxylic acids is 1. The maximum Gasteiger partial charge on any atom is 0.258 e. The molecule has 0 aliphatic carbocycles. The van der Waals surface area contributed by atoms with Crippen LogP contribution in [-0.4, -0.2) is 42.2 Å². The molecule has 1 N–H and O–H groups in total. The average Bonchev–Trinajstić information content (AvgIpc) is 2.88. The SMILES string of the molecule is COc1ccc2oc(C)c(C(=O)N3CCCC(C)C3CO)c2c1. The van der Waals surface area contributed by atoms with Crippen molar-refractivity contribution in [3.05, 3.63) is 29.5 Å². The predicted octanol–water partition coefficient (Wildman–Crippen LogP) is 2.98. The van der Waals surface area contributed by atoms with Crippen molar-refractivity contribution in [2.24, 2.45) is 5.92 Å². The molecule has 2 unspecified atom stereocenters. The number of piperidine rings is 1. The molecule has 2 atom stereocenters. The Morgan fingerprint density at radius 3 is 2.96 bits per heavy atom. The summed E-state index contributed by atoms with van der Waals surface area (Å²) < 4.78 is 11.0. The van der Waals surface area contributed by atoms with Crippen LogP contribution in [0.4, 0.5) is 0 Å². The summed E-state index contributed by atoms with van der Waals surface area (Å²) in [5.41, 5.74) is 1.25. The second-order valence-electron chi connectivity index (χ2n) is 6.26. The fourth-order valence-electron chi connectivity index (χ4n) is 3.52. The molecule has 3 rings (SSSR count). The Hall–Kier alpha value is -2.01. The van der Waals surface area contributed by atoms with Gasteiger partial charge in [0, 0.05) is 11.9 Å². The Bertz CT molecular complexity index is 721. The van der Waals surface area contributed by atoms with E-state index in [2.05, 4.69) is 6.92 Å². The molecular weight excluding hydrogens is 294 g/mol. The highest BCUT2D eigenvalue weighted by atomic mass is 16.5. The van der Waals surface area contributed by atoms with E-state index in [0.717, 1.165) is 18.2 Å². The summed E-state index contributed by atoms with van der Waals surface area (Å²) >= 11 is 0. The summed E-state index contributed by atoms with van der Waals surface area (Å²) in [5, 5.41) is 10.5. The number of rotatable bonds is 3. The maximum absolute atomic E-state index is 13.1. The van der Waals surface area contributed by atoms with Gasteiger partial charge in [-0.15, -0.1) is 0 Å².